The average molecular weight is 580 g/mol. The van der Waals surface area contributed by atoms with Gasteiger partial charge in [0.1, 0.15) is 5.69 Å². The summed E-state index contributed by atoms with van der Waals surface area (Å²) in [5.74, 6) is 0.350. The first kappa shape index (κ1) is 27.9. The molecule has 5 aromatic rings. The van der Waals surface area contributed by atoms with Gasteiger partial charge in [-0.05, 0) is 41.5 Å². The predicted molar refractivity (Wildman–Crippen MR) is 160 cm³/mol. The first-order valence-electron chi connectivity index (χ1n) is 13.6. The maximum Gasteiger partial charge on any atom is 0.275 e. The summed E-state index contributed by atoms with van der Waals surface area (Å²) in [5, 5.41) is 13.1. The highest BCUT2D eigenvalue weighted by Gasteiger charge is 2.38. The summed E-state index contributed by atoms with van der Waals surface area (Å²) in [6, 6.07) is 24.4. The van der Waals surface area contributed by atoms with Gasteiger partial charge in [-0.15, -0.1) is 0 Å². The third-order valence-electron chi connectivity index (χ3n) is 7.16. The number of carbonyl (C=O) groups is 1. The number of carbonyl (C=O) groups excluding carboxylic acids is 1. The highest BCUT2D eigenvalue weighted by Crippen LogP contribution is 2.43. The number of para-hydroxylation sites is 2. The van der Waals surface area contributed by atoms with Crippen molar-refractivity contribution in [1.82, 2.24) is 19.9 Å². The van der Waals surface area contributed by atoms with Gasteiger partial charge in [0, 0.05) is 35.3 Å². The van der Waals surface area contributed by atoms with Crippen LogP contribution in [0.1, 0.15) is 46.5 Å². The number of benzene rings is 3. The summed E-state index contributed by atoms with van der Waals surface area (Å²) in [6.45, 7) is 2.10. The number of rotatable bonds is 8. The molecule has 1 saturated heterocycles. The molecule has 1 amide bonds. The van der Waals surface area contributed by atoms with Crippen molar-refractivity contribution in [3.63, 3.8) is 0 Å². The number of nitrogens with zero attached hydrogens (tertiary/aromatic N) is 4. The number of thioether (sulfide) groups is 1. The van der Waals surface area contributed by atoms with Crippen molar-refractivity contribution < 1.29 is 19.4 Å². The normalized spacial score (nSPS) is 20.3. The Hall–Kier alpha value is -4.22. The number of fused-ring (bicyclic) bond motifs is 1. The van der Waals surface area contributed by atoms with E-state index in [2.05, 4.69) is 32.2 Å². The number of ether oxygens (including phenoxy) is 2. The molecule has 0 bridgehead atoms. The van der Waals surface area contributed by atoms with E-state index in [-0.39, 0.29) is 36.3 Å². The molecule has 0 spiro atoms. The molecule has 212 valence electrons. The lowest BCUT2D eigenvalue weighted by Crippen LogP contribution is -2.38. The van der Waals surface area contributed by atoms with Crippen molar-refractivity contribution in [2.24, 2.45) is 5.92 Å². The van der Waals surface area contributed by atoms with E-state index in [9.17, 15) is 9.90 Å². The molecule has 2 aromatic heterocycles. The molecule has 10 heteroatoms. The van der Waals surface area contributed by atoms with Crippen molar-refractivity contribution in [2.75, 3.05) is 11.1 Å². The smallest absolute Gasteiger partial charge is 0.275 e. The Morgan fingerprint density at radius 3 is 2.33 bits per heavy atom. The lowest BCUT2D eigenvalue weighted by Gasteiger charge is -2.41. The van der Waals surface area contributed by atoms with E-state index in [0.717, 1.165) is 22.2 Å². The summed E-state index contributed by atoms with van der Waals surface area (Å²) in [5.41, 5.74) is 4.93. The van der Waals surface area contributed by atoms with Crippen molar-refractivity contribution >= 4 is 34.4 Å². The number of anilines is 1. The van der Waals surface area contributed by atoms with Crippen LogP contribution in [0.15, 0.2) is 103 Å². The number of hydrogen-bond acceptors (Lipinski definition) is 9. The molecule has 1 aliphatic rings. The quantitative estimate of drug-likeness (QED) is 0.175. The molecule has 42 heavy (non-hydrogen) atoms. The first-order chi connectivity index (χ1) is 20.6. The van der Waals surface area contributed by atoms with E-state index in [0.29, 0.717) is 22.1 Å². The van der Waals surface area contributed by atoms with Gasteiger partial charge in [-0.2, -0.15) is 0 Å². The molecule has 0 aliphatic carbocycles. The molecule has 4 unspecified atom stereocenters. The second-order valence-electron chi connectivity index (χ2n) is 9.98. The lowest BCUT2D eigenvalue weighted by molar-refractivity contribution is -0.268. The summed E-state index contributed by atoms with van der Waals surface area (Å²) in [4.78, 5) is 30.3. The zero-order valence-corrected chi connectivity index (χ0v) is 23.6. The molecule has 1 aliphatic heterocycles. The van der Waals surface area contributed by atoms with Gasteiger partial charge in [-0.25, -0.2) is 15.0 Å². The van der Waals surface area contributed by atoms with Crippen LogP contribution in [0.5, 0.6) is 0 Å². The van der Waals surface area contributed by atoms with Crippen LogP contribution in [0.3, 0.4) is 0 Å². The topological polar surface area (TPSA) is 119 Å². The van der Waals surface area contributed by atoms with E-state index in [1.165, 1.54) is 6.20 Å². The number of aliphatic hydroxyl groups excluding tert-OH is 1. The molecule has 6 rings (SSSR count). The minimum Gasteiger partial charge on any atom is -0.392 e. The van der Waals surface area contributed by atoms with Crippen LogP contribution in [-0.4, -0.2) is 42.8 Å². The van der Waals surface area contributed by atoms with Gasteiger partial charge in [0.25, 0.3) is 5.91 Å². The van der Waals surface area contributed by atoms with Crippen LogP contribution in [0.2, 0.25) is 0 Å². The van der Waals surface area contributed by atoms with Crippen LogP contribution >= 0.6 is 11.8 Å². The number of aromatic nitrogens is 4. The maximum atomic E-state index is 12.9. The third-order valence-corrected chi connectivity index (χ3v) is 8.13. The molecule has 3 heterocycles. The largest absolute Gasteiger partial charge is 0.392 e. The number of aliphatic hydroxyl groups is 1. The van der Waals surface area contributed by atoms with Gasteiger partial charge in [0.2, 0.25) is 0 Å². The minimum absolute atomic E-state index is 0.0141. The van der Waals surface area contributed by atoms with Gasteiger partial charge in [-0.1, -0.05) is 67.2 Å². The maximum absolute atomic E-state index is 12.9. The number of nitrogens with one attached hydrogen (secondary N) is 1. The Labute approximate surface area is 247 Å². The fourth-order valence-corrected chi connectivity index (χ4v) is 5.78. The average Bonchev–Trinajstić information content (AvgIpc) is 3.05. The molecule has 9 nitrogen and oxygen atoms in total. The lowest BCUT2D eigenvalue weighted by atomic mass is 9.91. The van der Waals surface area contributed by atoms with Crippen LogP contribution in [0.4, 0.5) is 5.69 Å². The SMILES string of the molecule is CC1C(CSc2ncccn2)OC(c2ccc(NC(=O)c3cnc4ccccc4n3)cc2)OC1c1ccc(CO)cc1. The Balaban J connectivity index is 1.19. The van der Waals surface area contributed by atoms with E-state index in [4.69, 9.17) is 9.47 Å². The summed E-state index contributed by atoms with van der Waals surface area (Å²) >= 11 is 1.54. The van der Waals surface area contributed by atoms with Gasteiger partial charge in [0.05, 0.1) is 36.0 Å². The molecule has 0 saturated carbocycles. The third kappa shape index (κ3) is 6.32. The summed E-state index contributed by atoms with van der Waals surface area (Å²) < 4.78 is 13.0. The summed E-state index contributed by atoms with van der Waals surface area (Å²) in [6.07, 6.45) is 3.93. The second-order valence-corrected chi connectivity index (χ2v) is 11.0. The predicted octanol–water partition coefficient (Wildman–Crippen LogP) is 5.75. The highest BCUT2D eigenvalue weighted by atomic mass is 32.2. The van der Waals surface area contributed by atoms with E-state index < -0.39 is 6.29 Å². The molecular weight excluding hydrogens is 550 g/mol. The van der Waals surface area contributed by atoms with E-state index in [1.807, 2.05) is 72.8 Å². The summed E-state index contributed by atoms with van der Waals surface area (Å²) in [7, 11) is 0. The van der Waals surface area contributed by atoms with Crippen molar-refractivity contribution in [3.05, 3.63) is 120 Å². The van der Waals surface area contributed by atoms with E-state index >= 15 is 0 Å². The number of hydrogen-bond donors (Lipinski definition) is 2. The van der Waals surface area contributed by atoms with Crippen LogP contribution in [0.25, 0.3) is 11.0 Å². The molecule has 2 N–H and O–H groups in total. The fraction of sp³-hybridized carbons (Fsp3) is 0.219. The van der Waals surface area contributed by atoms with Crippen LogP contribution in [0, 0.1) is 5.92 Å². The highest BCUT2D eigenvalue weighted by molar-refractivity contribution is 7.99. The van der Waals surface area contributed by atoms with Gasteiger partial charge < -0.3 is 19.9 Å². The zero-order chi connectivity index (χ0) is 28.9. The second kappa shape index (κ2) is 12.7. The molecule has 0 radical (unpaired) electrons. The Morgan fingerprint density at radius 1 is 0.881 bits per heavy atom. The number of amides is 1. The molecular formula is C32H29N5O4S. The molecule has 3 aromatic carbocycles. The molecule has 4 atom stereocenters. The van der Waals surface area contributed by atoms with Crippen molar-refractivity contribution in [3.8, 4) is 0 Å². The van der Waals surface area contributed by atoms with Crippen LogP contribution < -0.4 is 5.32 Å². The minimum atomic E-state index is -0.623. The first-order valence-corrected chi connectivity index (χ1v) is 14.6. The monoisotopic (exact) mass is 579 g/mol. The molecule has 1 fully saturated rings. The van der Waals surface area contributed by atoms with Crippen LogP contribution in [-0.2, 0) is 16.1 Å². The van der Waals surface area contributed by atoms with Gasteiger partial charge >= 0.3 is 0 Å². The Kier molecular flexibility index (Phi) is 8.47. The Morgan fingerprint density at radius 2 is 1.60 bits per heavy atom. The standard InChI is InChI=1S/C32H29N5O4S/c1-20-28(19-42-32-33-15-4-16-34-32)40-31(41-29(20)22-9-7-21(18-38)8-10-22)23-11-13-24(14-12-23)36-30(39)27-17-35-25-5-2-3-6-26(25)37-27/h2-17,20,28-29,31,38H,18-19H2,1H3,(H,36,39). The zero-order valence-electron chi connectivity index (χ0n) is 22.8. The van der Waals surface area contributed by atoms with Gasteiger partial charge in [-0.3, -0.25) is 9.78 Å². The van der Waals surface area contributed by atoms with E-state index in [1.54, 1.807) is 30.2 Å². The Bertz CT molecular complexity index is 1650. The van der Waals surface area contributed by atoms with Crippen molar-refractivity contribution in [1.29, 1.82) is 0 Å². The fourth-order valence-electron chi connectivity index (χ4n) is 4.81. The van der Waals surface area contributed by atoms with Gasteiger partial charge in [0.15, 0.2) is 11.4 Å². The van der Waals surface area contributed by atoms with Crippen molar-refractivity contribution in [2.45, 2.75) is 37.2 Å².